The number of rotatable bonds is 7. The van der Waals surface area contributed by atoms with E-state index in [1.165, 1.54) is 37.5 Å². The summed E-state index contributed by atoms with van der Waals surface area (Å²) in [4.78, 5) is 25.0. The number of amides is 1. The maximum absolute atomic E-state index is 12.7. The van der Waals surface area contributed by atoms with Crippen LogP contribution in [0, 0.1) is 5.92 Å². The summed E-state index contributed by atoms with van der Waals surface area (Å²) in [6.07, 6.45) is 4.12. The van der Waals surface area contributed by atoms with Crippen LogP contribution in [0.5, 0.6) is 0 Å². The van der Waals surface area contributed by atoms with Crippen molar-refractivity contribution < 1.29 is 22.7 Å². The Hall–Kier alpha value is -2.19. The number of methoxy groups -OCH3 is 1. The number of hydrogen-bond donors (Lipinski definition) is 2. The third-order valence-corrected chi connectivity index (χ3v) is 6.34. The van der Waals surface area contributed by atoms with Crippen molar-refractivity contribution in [2.75, 3.05) is 13.7 Å². The van der Waals surface area contributed by atoms with Crippen molar-refractivity contribution in [1.82, 2.24) is 10.0 Å². The topological polar surface area (TPSA) is 102 Å². The van der Waals surface area contributed by atoms with Gasteiger partial charge in [0.05, 0.1) is 12.0 Å². The van der Waals surface area contributed by atoms with E-state index in [0.717, 1.165) is 12.8 Å². The Morgan fingerprint density at radius 3 is 2.37 bits per heavy atom. The van der Waals surface area contributed by atoms with E-state index >= 15 is 0 Å². The van der Waals surface area contributed by atoms with Gasteiger partial charge in [-0.15, -0.1) is 6.58 Å². The van der Waals surface area contributed by atoms with Crippen LogP contribution in [0.2, 0.25) is 0 Å². The summed E-state index contributed by atoms with van der Waals surface area (Å²) in [7, 11) is -2.35. The molecule has 148 valence electrons. The molecule has 0 spiro atoms. The number of carbonyl (C=O) groups is 2. The third kappa shape index (κ3) is 4.95. The second-order valence-electron chi connectivity index (χ2n) is 6.88. The molecule has 0 aliphatic heterocycles. The van der Waals surface area contributed by atoms with Crippen LogP contribution in [0.4, 0.5) is 0 Å². The van der Waals surface area contributed by atoms with E-state index in [-0.39, 0.29) is 17.0 Å². The van der Waals surface area contributed by atoms with Crippen LogP contribution in [0.1, 0.15) is 43.0 Å². The minimum absolute atomic E-state index is 0.0510. The number of hydrogen-bond acceptors (Lipinski definition) is 5. The lowest BCUT2D eigenvalue weighted by molar-refractivity contribution is -0.150. The summed E-state index contributed by atoms with van der Waals surface area (Å²) in [6.45, 7) is 5.69. The average Bonchev–Trinajstić information content (AvgIpc) is 2.67. The molecule has 0 aromatic heterocycles. The van der Waals surface area contributed by atoms with E-state index in [0.29, 0.717) is 18.8 Å². The summed E-state index contributed by atoms with van der Waals surface area (Å²) in [5.74, 6) is -0.388. The van der Waals surface area contributed by atoms with Gasteiger partial charge in [-0.2, -0.15) is 0 Å². The van der Waals surface area contributed by atoms with E-state index in [4.69, 9.17) is 4.74 Å². The molecular formula is C19H26N2O5S. The summed E-state index contributed by atoms with van der Waals surface area (Å²) in [5, 5.41) is 2.82. The highest BCUT2D eigenvalue weighted by molar-refractivity contribution is 7.89. The van der Waals surface area contributed by atoms with Gasteiger partial charge >= 0.3 is 5.97 Å². The SMILES string of the molecule is C=CCNS(=O)(=O)c1ccc(C(=O)NC2(C(=O)OC)CCC(C)CC2)cc1. The zero-order chi connectivity index (χ0) is 20.1. The lowest BCUT2D eigenvalue weighted by Crippen LogP contribution is -2.56. The summed E-state index contributed by atoms with van der Waals surface area (Å²) in [6, 6.07) is 5.56. The van der Waals surface area contributed by atoms with Crippen molar-refractivity contribution in [3.05, 3.63) is 42.5 Å². The number of nitrogens with one attached hydrogen (secondary N) is 2. The number of ether oxygens (including phenoxy) is 1. The fourth-order valence-electron chi connectivity index (χ4n) is 3.16. The maximum Gasteiger partial charge on any atom is 0.331 e. The highest BCUT2D eigenvalue weighted by Crippen LogP contribution is 2.33. The van der Waals surface area contributed by atoms with E-state index in [1.54, 1.807) is 0 Å². The predicted octanol–water partition coefficient (Wildman–Crippen LogP) is 2.00. The molecule has 1 fully saturated rings. The Labute approximate surface area is 160 Å². The van der Waals surface area contributed by atoms with Crippen LogP contribution in [-0.4, -0.2) is 39.5 Å². The molecule has 1 saturated carbocycles. The molecule has 0 atom stereocenters. The molecule has 1 aromatic carbocycles. The standard InChI is InChI=1S/C19H26N2O5S/c1-4-13-20-27(24,25)16-7-5-15(6-8-16)17(22)21-19(18(23)26-3)11-9-14(2)10-12-19/h4-8,14,20H,1,9-13H2,2-3H3,(H,21,22). The average molecular weight is 394 g/mol. The van der Waals surface area contributed by atoms with Crippen LogP contribution in [-0.2, 0) is 19.6 Å². The first kappa shape index (κ1) is 21.1. The first-order valence-electron chi connectivity index (χ1n) is 8.85. The summed E-state index contributed by atoms with van der Waals surface area (Å²) in [5.41, 5.74) is -0.756. The first-order valence-corrected chi connectivity index (χ1v) is 10.3. The number of sulfonamides is 1. The molecule has 7 nitrogen and oxygen atoms in total. The zero-order valence-electron chi connectivity index (χ0n) is 15.7. The molecular weight excluding hydrogens is 368 g/mol. The van der Waals surface area contributed by atoms with E-state index in [1.807, 2.05) is 0 Å². The molecule has 0 heterocycles. The molecule has 2 rings (SSSR count). The molecule has 1 amide bonds. The predicted molar refractivity (Wildman–Crippen MR) is 102 cm³/mol. The molecule has 0 saturated heterocycles. The quantitative estimate of drug-likeness (QED) is 0.544. The van der Waals surface area contributed by atoms with E-state index in [2.05, 4.69) is 23.5 Å². The van der Waals surface area contributed by atoms with Crippen molar-refractivity contribution >= 4 is 21.9 Å². The van der Waals surface area contributed by atoms with Gasteiger partial charge in [-0.1, -0.05) is 13.0 Å². The van der Waals surface area contributed by atoms with Crippen molar-refractivity contribution in [3.63, 3.8) is 0 Å². The van der Waals surface area contributed by atoms with E-state index in [9.17, 15) is 18.0 Å². The van der Waals surface area contributed by atoms with E-state index < -0.39 is 27.4 Å². The molecule has 1 aliphatic rings. The van der Waals surface area contributed by atoms with Crippen molar-refractivity contribution in [3.8, 4) is 0 Å². The molecule has 8 heteroatoms. The fraction of sp³-hybridized carbons (Fsp3) is 0.474. The number of benzene rings is 1. The van der Waals surface area contributed by atoms with Crippen LogP contribution in [0.25, 0.3) is 0 Å². The van der Waals surface area contributed by atoms with Gasteiger partial charge in [-0.25, -0.2) is 17.9 Å². The minimum atomic E-state index is -3.65. The number of carbonyl (C=O) groups excluding carboxylic acids is 2. The van der Waals surface area contributed by atoms with Gasteiger partial charge in [0.15, 0.2) is 0 Å². The van der Waals surface area contributed by atoms with Gasteiger partial charge in [0.2, 0.25) is 10.0 Å². The van der Waals surface area contributed by atoms with Gasteiger partial charge in [0.25, 0.3) is 5.91 Å². The Balaban J connectivity index is 2.17. The molecule has 1 aliphatic carbocycles. The van der Waals surface area contributed by atoms with Crippen molar-refractivity contribution in [2.45, 2.75) is 43.0 Å². The van der Waals surface area contributed by atoms with Crippen LogP contribution in [0.3, 0.4) is 0 Å². The van der Waals surface area contributed by atoms with Gasteiger partial charge in [-0.3, -0.25) is 4.79 Å². The minimum Gasteiger partial charge on any atom is -0.467 e. The Morgan fingerprint density at radius 1 is 1.26 bits per heavy atom. The maximum atomic E-state index is 12.7. The molecule has 27 heavy (non-hydrogen) atoms. The van der Waals surface area contributed by atoms with Crippen LogP contribution in [0.15, 0.2) is 41.8 Å². The van der Waals surface area contributed by atoms with Crippen molar-refractivity contribution in [2.24, 2.45) is 5.92 Å². The second kappa shape index (κ2) is 8.67. The molecule has 0 unspecified atom stereocenters. The lowest BCUT2D eigenvalue weighted by Gasteiger charge is -2.37. The normalized spacial score (nSPS) is 22.7. The molecule has 1 aromatic rings. The summed E-state index contributed by atoms with van der Waals surface area (Å²) >= 11 is 0. The molecule has 0 bridgehead atoms. The molecule has 0 radical (unpaired) electrons. The zero-order valence-corrected chi connectivity index (χ0v) is 16.5. The van der Waals surface area contributed by atoms with Crippen LogP contribution < -0.4 is 10.0 Å². The van der Waals surface area contributed by atoms with Gasteiger partial charge in [-0.05, 0) is 55.9 Å². The Kier molecular flexibility index (Phi) is 6.78. The highest BCUT2D eigenvalue weighted by atomic mass is 32.2. The lowest BCUT2D eigenvalue weighted by atomic mass is 9.77. The van der Waals surface area contributed by atoms with Crippen LogP contribution >= 0.6 is 0 Å². The highest BCUT2D eigenvalue weighted by Gasteiger charge is 2.43. The largest absolute Gasteiger partial charge is 0.467 e. The first-order chi connectivity index (χ1) is 12.7. The van der Waals surface area contributed by atoms with Crippen molar-refractivity contribution in [1.29, 1.82) is 0 Å². The third-order valence-electron chi connectivity index (χ3n) is 4.90. The van der Waals surface area contributed by atoms with Gasteiger partial charge < -0.3 is 10.1 Å². The smallest absolute Gasteiger partial charge is 0.331 e. The molecule has 2 N–H and O–H groups in total. The summed E-state index contributed by atoms with van der Waals surface area (Å²) < 4.78 is 31.4. The second-order valence-corrected chi connectivity index (χ2v) is 8.64. The van der Waals surface area contributed by atoms with Gasteiger partial charge in [0.1, 0.15) is 5.54 Å². The Bertz CT molecular complexity index is 794. The fourth-order valence-corrected chi connectivity index (χ4v) is 4.16. The monoisotopic (exact) mass is 394 g/mol. The van der Waals surface area contributed by atoms with Gasteiger partial charge in [0, 0.05) is 12.1 Å². The Morgan fingerprint density at radius 2 is 1.85 bits per heavy atom. The number of esters is 1.